The van der Waals surface area contributed by atoms with Crippen molar-refractivity contribution in [2.24, 2.45) is 5.92 Å². The summed E-state index contributed by atoms with van der Waals surface area (Å²) in [5.41, 5.74) is 2.74. The maximum atomic E-state index is 5.24. The van der Waals surface area contributed by atoms with Gasteiger partial charge in [-0.2, -0.15) is 0 Å². The zero-order valence-electron chi connectivity index (χ0n) is 13.9. The molecule has 2 nitrogen and oxygen atoms in total. The van der Waals surface area contributed by atoms with Crippen molar-refractivity contribution in [3.63, 3.8) is 0 Å². The van der Waals surface area contributed by atoms with Gasteiger partial charge in [0.15, 0.2) is 0 Å². The molecule has 0 aliphatic rings. The average molecular weight is 297 g/mol. The number of ether oxygens (including phenoxy) is 1. The molecule has 0 radical (unpaired) electrons. The van der Waals surface area contributed by atoms with Crippen molar-refractivity contribution in [1.29, 1.82) is 0 Å². The van der Waals surface area contributed by atoms with Crippen LogP contribution in [0.15, 0.2) is 54.6 Å². The molecule has 0 fully saturated rings. The normalized spacial score (nSPS) is 12.4. The van der Waals surface area contributed by atoms with Crippen LogP contribution in [0, 0.1) is 5.92 Å². The van der Waals surface area contributed by atoms with E-state index < -0.39 is 0 Å². The maximum Gasteiger partial charge on any atom is 0.118 e. The SMILES string of the molecule is COc1ccc(C(CCNCc2ccccc2)C(C)C)cc1. The first-order valence-corrected chi connectivity index (χ1v) is 8.09. The quantitative estimate of drug-likeness (QED) is 0.718. The van der Waals surface area contributed by atoms with Crippen LogP contribution in [0.5, 0.6) is 5.75 Å². The summed E-state index contributed by atoms with van der Waals surface area (Å²) < 4.78 is 5.24. The molecule has 22 heavy (non-hydrogen) atoms. The zero-order chi connectivity index (χ0) is 15.8. The van der Waals surface area contributed by atoms with Gasteiger partial charge in [-0.25, -0.2) is 0 Å². The molecule has 0 aromatic heterocycles. The van der Waals surface area contributed by atoms with Crippen molar-refractivity contribution < 1.29 is 4.74 Å². The van der Waals surface area contributed by atoms with Gasteiger partial charge in [0.25, 0.3) is 0 Å². The maximum absolute atomic E-state index is 5.24. The monoisotopic (exact) mass is 297 g/mol. The highest BCUT2D eigenvalue weighted by Crippen LogP contribution is 2.28. The second-order valence-corrected chi connectivity index (χ2v) is 6.07. The van der Waals surface area contributed by atoms with Crippen LogP contribution < -0.4 is 10.1 Å². The molecule has 2 rings (SSSR count). The molecule has 0 spiro atoms. The average Bonchev–Trinajstić information content (AvgIpc) is 2.56. The van der Waals surface area contributed by atoms with E-state index in [1.165, 1.54) is 11.1 Å². The number of benzene rings is 2. The Morgan fingerprint density at radius 1 is 0.955 bits per heavy atom. The molecule has 0 aliphatic carbocycles. The van der Waals surface area contributed by atoms with Gasteiger partial charge in [0.2, 0.25) is 0 Å². The molecule has 1 N–H and O–H groups in total. The lowest BCUT2D eigenvalue weighted by Crippen LogP contribution is -2.19. The van der Waals surface area contributed by atoms with Gasteiger partial charge in [0.05, 0.1) is 7.11 Å². The van der Waals surface area contributed by atoms with Gasteiger partial charge in [0, 0.05) is 6.54 Å². The van der Waals surface area contributed by atoms with E-state index in [1.54, 1.807) is 7.11 Å². The molecule has 0 aliphatic heterocycles. The third-order valence-electron chi connectivity index (χ3n) is 4.15. The second kappa shape index (κ2) is 8.60. The molecule has 1 atom stereocenters. The molecular formula is C20H27NO. The van der Waals surface area contributed by atoms with Gasteiger partial charge in [-0.05, 0) is 48.1 Å². The first-order valence-electron chi connectivity index (χ1n) is 8.09. The molecule has 1 unspecified atom stereocenters. The number of rotatable bonds is 8. The molecule has 0 bridgehead atoms. The number of hydrogen-bond acceptors (Lipinski definition) is 2. The summed E-state index contributed by atoms with van der Waals surface area (Å²) in [6, 6.07) is 19.1. The predicted molar refractivity (Wildman–Crippen MR) is 93.3 cm³/mol. The smallest absolute Gasteiger partial charge is 0.118 e. The third-order valence-corrected chi connectivity index (χ3v) is 4.15. The third kappa shape index (κ3) is 4.88. The molecule has 2 heteroatoms. The van der Waals surface area contributed by atoms with Gasteiger partial charge >= 0.3 is 0 Å². The van der Waals surface area contributed by atoms with E-state index in [1.807, 2.05) is 0 Å². The topological polar surface area (TPSA) is 21.3 Å². The van der Waals surface area contributed by atoms with Gasteiger partial charge in [-0.15, -0.1) is 0 Å². The lowest BCUT2D eigenvalue weighted by molar-refractivity contribution is 0.413. The van der Waals surface area contributed by atoms with E-state index >= 15 is 0 Å². The molecule has 0 heterocycles. The van der Waals surface area contributed by atoms with E-state index in [-0.39, 0.29) is 0 Å². The Balaban J connectivity index is 1.86. The van der Waals surface area contributed by atoms with Crippen LogP contribution in [-0.4, -0.2) is 13.7 Å². The first kappa shape index (κ1) is 16.6. The Kier molecular flexibility index (Phi) is 6.47. The number of hydrogen-bond donors (Lipinski definition) is 1. The summed E-state index contributed by atoms with van der Waals surface area (Å²) in [4.78, 5) is 0. The van der Waals surface area contributed by atoms with Crippen LogP contribution in [0.2, 0.25) is 0 Å². The Morgan fingerprint density at radius 2 is 1.64 bits per heavy atom. The highest BCUT2D eigenvalue weighted by atomic mass is 16.5. The van der Waals surface area contributed by atoms with Crippen molar-refractivity contribution >= 4 is 0 Å². The van der Waals surface area contributed by atoms with Crippen molar-refractivity contribution in [3.8, 4) is 5.75 Å². The van der Waals surface area contributed by atoms with E-state index in [0.29, 0.717) is 11.8 Å². The van der Waals surface area contributed by atoms with Crippen LogP contribution in [0.1, 0.15) is 37.3 Å². The molecule has 0 amide bonds. The molecule has 2 aromatic carbocycles. The summed E-state index contributed by atoms with van der Waals surface area (Å²) >= 11 is 0. The molecular weight excluding hydrogens is 270 g/mol. The Morgan fingerprint density at radius 3 is 2.23 bits per heavy atom. The molecule has 118 valence electrons. The fourth-order valence-corrected chi connectivity index (χ4v) is 2.82. The van der Waals surface area contributed by atoms with Gasteiger partial charge in [-0.1, -0.05) is 56.3 Å². The second-order valence-electron chi connectivity index (χ2n) is 6.07. The van der Waals surface area contributed by atoms with Crippen LogP contribution in [0.4, 0.5) is 0 Å². The molecule has 0 saturated heterocycles. The highest BCUT2D eigenvalue weighted by Gasteiger charge is 2.15. The number of nitrogens with one attached hydrogen (secondary N) is 1. The highest BCUT2D eigenvalue weighted by molar-refractivity contribution is 5.29. The summed E-state index contributed by atoms with van der Waals surface area (Å²) in [5.74, 6) is 2.13. The fourth-order valence-electron chi connectivity index (χ4n) is 2.82. The van der Waals surface area contributed by atoms with Gasteiger partial charge in [0.1, 0.15) is 5.75 Å². The molecule has 0 saturated carbocycles. The molecule has 2 aromatic rings. The van der Waals surface area contributed by atoms with Crippen LogP contribution >= 0.6 is 0 Å². The fraction of sp³-hybridized carbons (Fsp3) is 0.400. The van der Waals surface area contributed by atoms with Crippen molar-refractivity contribution in [2.75, 3.05) is 13.7 Å². The summed E-state index contributed by atoms with van der Waals surface area (Å²) in [5, 5.41) is 3.55. The van der Waals surface area contributed by atoms with Gasteiger partial charge < -0.3 is 10.1 Å². The number of methoxy groups -OCH3 is 1. The van der Waals surface area contributed by atoms with Crippen LogP contribution in [-0.2, 0) is 6.54 Å². The van der Waals surface area contributed by atoms with E-state index in [0.717, 1.165) is 25.3 Å². The minimum absolute atomic E-state index is 0.578. The van der Waals surface area contributed by atoms with E-state index in [4.69, 9.17) is 4.74 Å². The minimum atomic E-state index is 0.578. The summed E-state index contributed by atoms with van der Waals surface area (Å²) in [6.07, 6.45) is 1.15. The minimum Gasteiger partial charge on any atom is -0.497 e. The predicted octanol–water partition coefficient (Wildman–Crippen LogP) is 4.61. The summed E-state index contributed by atoms with van der Waals surface area (Å²) in [6.45, 7) is 6.57. The Bertz CT molecular complexity index is 533. The van der Waals surface area contributed by atoms with E-state index in [9.17, 15) is 0 Å². The van der Waals surface area contributed by atoms with Crippen LogP contribution in [0.3, 0.4) is 0 Å². The Labute approximate surface area is 134 Å². The Hall–Kier alpha value is -1.80. The zero-order valence-corrected chi connectivity index (χ0v) is 13.9. The van der Waals surface area contributed by atoms with E-state index in [2.05, 4.69) is 73.8 Å². The van der Waals surface area contributed by atoms with Crippen molar-refractivity contribution in [3.05, 3.63) is 65.7 Å². The largest absolute Gasteiger partial charge is 0.497 e. The summed E-state index contributed by atoms with van der Waals surface area (Å²) in [7, 11) is 1.71. The first-order chi connectivity index (χ1) is 10.7. The lowest BCUT2D eigenvalue weighted by Gasteiger charge is -2.22. The van der Waals surface area contributed by atoms with Gasteiger partial charge in [-0.3, -0.25) is 0 Å². The van der Waals surface area contributed by atoms with Crippen LogP contribution in [0.25, 0.3) is 0 Å². The van der Waals surface area contributed by atoms with Crippen molar-refractivity contribution in [1.82, 2.24) is 5.32 Å². The standard InChI is InChI=1S/C20H27NO/c1-16(2)20(18-9-11-19(22-3)12-10-18)13-14-21-15-17-7-5-4-6-8-17/h4-12,16,20-21H,13-15H2,1-3H3. The van der Waals surface area contributed by atoms with Crippen molar-refractivity contribution in [2.45, 2.75) is 32.7 Å². The lowest BCUT2D eigenvalue weighted by atomic mass is 9.86.